The summed E-state index contributed by atoms with van der Waals surface area (Å²) in [7, 11) is 0. The van der Waals surface area contributed by atoms with Gasteiger partial charge in [-0.3, -0.25) is 14.8 Å². The van der Waals surface area contributed by atoms with E-state index in [2.05, 4.69) is 19.8 Å². The van der Waals surface area contributed by atoms with Gasteiger partial charge in [-0.2, -0.15) is 13.2 Å². The quantitative estimate of drug-likeness (QED) is 0.556. The first-order chi connectivity index (χ1) is 16.9. The molecular formula is C24H22ClF3N4O3. The van der Waals surface area contributed by atoms with Crippen LogP contribution in [-0.4, -0.2) is 71.3 Å². The van der Waals surface area contributed by atoms with Gasteiger partial charge >= 0.3 is 6.61 Å². The Balaban J connectivity index is 1.24. The Kier molecular flexibility index (Phi) is 6.68. The van der Waals surface area contributed by atoms with Crippen molar-refractivity contribution in [2.75, 3.05) is 32.8 Å². The van der Waals surface area contributed by atoms with E-state index in [9.17, 15) is 18.0 Å². The van der Waals surface area contributed by atoms with Gasteiger partial charge in [0.2, 0.25) is 5.95 Å². The maximum absolute atomic E-state index is 14.0. The van der Waals surface area contributed by atoms with Crippen molar-refractivity contribution in [3.8, 4) is 16.9 Å². The number of fused-ring (bicyclic) bond motifs is 1. The van der Waals surface area contributed by atoms with Crippen LogP contribution in [0.25, 0.3) is 11.1 Å². The zero-order valence-electron chi connectivity index (χ0n) is 18.5. The van der Waals surface area contributed by atoms with Crippen molar-refractivity contribution < 1.29 is 27.4 Å². The third-order valence-electron chi connectivity index (χ3n) is 6.37. The number of rotatable bonds is 5. The number of carbonyl (C=O) groups is 1. The highest BCUT2D eigenvalue weighted by Gasteiger charge is 2.36. The summed E-state index contributed by atoms with van der Waals surface area (Å²) in [6.45, 7) is -0.209. The number of ether oxygens (including phenoxy) is 2. The third kappa shape index (κ3) is 4.86. The summed E-state index contributed by atoms with van der Waals surface area (Å²) >= 11 is 6.51. The highest BCUT2D eigenvalue weighted by molar-refractivity contribution is 6.36. The number of morpholine rings is 1. The molecule has 7 nitrogen and oxygen atoms in total. The van der Waals surface area contributed by atoms with E-state index in [1.807, 2.05) is 0 Å². The van der Waals surface area contributed by atoms with E-state index >= 15 is 0 Å². The minimum Gasteiger partial charge on any atom is -0.435 e. The molecule has 2 saturated heterocycles. The summed E-state index contributed by atoms with van der Waals surface area (Å²) in [6.07, 6.45) is 1.20. The number of aromatic nitrogens is 2. The fourth-order valence-corrected chi connectivity index (χ4v) is 4.88. The predicted octanol–water partition coefficient (Wildman–Crippen LogP) is 4.37. The number of hydrogen-bond donors (Lipinski definition) is 1. The number of halogens is 4. The number of piperazine rings is 1. The Morgan fingerprint density at radius 3 is 2.66 bits per heavy atom. The van der Waals surface area contributed by atoms with Gasteiger partial charge in [-0.05, 0) is 23.8 Å². The molecule has 2 atom stereocenters. The molecule has 2 aliphatic rings. The summed E-state index contributed by atoms with van der Waals surface area (Å²) in [6, 6.07) is 11.4. The minimum atomic E-state index is -2.87. The van der Waals surface area contributed by atoms with Crippen LogP contribution in [0.2, 0.25) is 5.02 Å². The molecule has 2 fully saturated rings. The molecule has 2 aromatic carbocycles. The second kappa shape index (κ2) is 9.88. The summed E-state index contributed by atoms with van der Waals surface area (Å²) < 4.78 is 49.2. The van der Waals surface area contributed by atoms with Crippen LogP contribution in [0.4, 0.5) is 13.2 Å². The first kappa shape index (κ1) is 23.7. The van der Waals surface area contributed by atoms with E-state index in [-0.39, 0.29) is 34.4 Å². The summed E-state index contributed by atoms with van der Waals surface area (Å²) in [4.78, 5) is 17.3. The molecule has 1 amide bonds. The van der Waals surface area contributed by atoms with Gasteiger partial charge in [0.15, 0.2) is 0 Å². The molecule has 3 heterocycles. The lowest BCUT2D eigenvalue weighted by atomic mass is 10.0. The first-order valence-electron chi connectivity index (χ1n) is 11.1. The smallest absolute Gasteiger partial charge is 0.387 e. The fourth-order valence-electron chi connectivity index (χ4n) is 4.57. The van der Waals surface area contributed by atoms with Crippen molar-refractivity contribution in [1.82, 2.24) is 20.0 Å². The zero-order valence-corrected chi connectivity index (χ0v) is 19.2. The van der Waals surface area contributed by atoms with E-state index in [1.165, 1.54) is 18.3 Å². The summed E-state index contributed by atoms with van der Waals surface area (Å²) in [5, 5.41) is 6.12. The lowest BCUT2D eigenvalue weighted by Gasteiger charge is -2.46. The Bertz CT molecular complexity index is 1210. The van der Waals surface area contributed by atoms with Crippen LogP contribution in [0.3, 0.4) is 0 Å². The lowest BCUT2D eigenvalue weighted by Crippen LogP contribution is -2.59. The van der Waals surface area contributed by atoms with Gasteiger partial charge in [0.25, 0.3) is 5.91 Å². The number of hydrogen-bond acceptors (Lipinski definition) is 5. The normalized spacial score (nSPS) is 20.7. The number of aromatic amines is 1. The molecule has 0 radical (unpaired) electrons. The van der Waals surface area contributed by atoms with Gasteiger partial charge in [-0.1, -0.05) is 35.9 Å². The number of H-pyrrole nitrogens is 1. The molecule has 3 aromatic rings. The van der Waals surface area contributed by atoms with Crippen LogP contribution in [-0.2, 0) is 4.74 Å². The molecule has 1 unspecified atom stereocenters. The van der Waals surface area contributed by atoms with Crippen LogP contribution in [0.1, 0.15) is 22.0 Å². The van der Waals surface area contributed by atoms with Crippen LogP contribution >= 0.6 is 11.6 Å². The average molecular weight is 507 g/mol. The van der Waals surface area contributed by atoms with E-state index < -0.39 is 12.6 Å². The van der Waals surface area contributed by atoms with E-state index in [4.69, 9.17) is 16.3 Å². The van der Waals surface area contributed by atoms with Crippen molar-refractivity contribution in [3.05, 3.63) is 70.8 Å². The lowest BCUT2D eigenvalue weighted by molar-refractivity contribution is -0.0858. The summed E-state index contributed by atoms with van der Waals surface area (Å²) in [5.41, 5.74) is 1.78. The molecule has 0 spiro atoms. The molecule has 11 heteroatoms. The van der Waals surface area contributed by atoms with Crippen molar-refractivity contribution >= 4 is 17.5 Å². The van der Waals surface area contributed by atoms with Crippen LogP contribution in [0.15, 0.2) is 48.7 Å². The SMILES string of the molecule is O=C(c1cccc(-c2c[nH]nc2F)c1Cl)N1CCN2CC(c3ccc(OC(F)F)cc3)OC[C@@H]2C1. The van der Waals surface area contributed by atoms with Gasteiger partial charge < -0.3 is 14.4 Å². The summed E-state index contributed by atoms with van der Waals surface area (Å²) in [5.74, 6) is -0.810. The van der Waals surface area contributed by atoms with Gasteiger partial charge in [0.1, 0.15) is 5.75 Å². The molecule has 1 aromatic heterocycles. The standard InChI is InChI=1S/C24H22ClF3N4O3/c25-21-17(19-10-29-30-22(19)26)2-1-3-18(21)23(33)32-9-8-31-12-20(34-13-15(31)11-32)14-4-6-16(7-5-14)35-24(27)28/h1-7,10,15,20,24H,8-9,11-13H2,(H,29,30)/t15-,20?/m0/s1. The Morgan fingerprint density at radius 2 is 1.94 bits per heavy atom. The number of nitrogens with one attached hydrogen (secondary N) is 1. The van der Waals surface area contributed by atoms with Crippen LogP contribution < -0.4 is 4.74 Å². The number of nitrogens with zero attached hydrogens (tertiary/aromatic N) is 3. The number of benzene rings is 2. The number of alkyl halides is 2. The van der Waals surface area contributed by atoms with E-state index in [0.29, 0.717) is 43.9 Å². The number of carbonyl (C=O) groups excluding carboxylic acids is 1. The Morgan fingerprint density at radius 1 is 1.14 bits per heavy atom. The van der Waals surface area contributed by atoms with Crippen LogP contribution in [0.5, 0.6) is 5.75 Å². The first-order valence-corrected chi connectivity index (χ1v) is 11.5. The topological polar surface area (TPSA) is 70.7 Å². The highest BCUT2D eigenvalue weighted by Crippen LogP contribution is 2.33. The third-order valence-corrected chi connectivity index (χ3v) is 6.78. The second-order valence-electron chi connectivity index (χ2n) is 8.43. The van der Waals surface area contributed by atoms with E-state index in [1.54, 1.807) is 35.2 Å². The van der Waals surface area contributed by atoms with Gasteiger partial charge in [0.05, 0.1) is 34.9 Å². The minimum absolute atomic E-state index is 0.0127. The maximum atomic E-state index is 14.0. The molecule has 0 aliphatic carbocycles. The number of amides is 1. The van der Waals surface area contributed by atoms with Crippen molar-refractivity contribution in [2.24, 2.45) is 0 Å². The molecule has 184 valence electrons. The highest BCUT2D eigenvalue weighted by atomic mass is 35.5. The predicted molar refractivity (Wildman–Crippen MR) is 122 cm³/mol. The van der Waals surface area contributed by atoms with Crippen molar-refractivity contribution in [1.29, 1.82) is 0 Å². The van der Waals surface area contributed by atoms with Gasteiger partial charge in [-0.15, -0.1) is 5.10 Å². The van der Waals surface area contributed by atoms with E-state index in [0.717, 1.165) is 5.56 Å². The molecule has 35 heavy (non-hydrogen) atoms. The van der Waals surface area contributed by atoms with Gasteiger partial charge in [0, 0.05) is 37.9 Å². The van der Waals surface area contributed by atoms with Gasteiger partial charge in [-0.25, -0.2) is 0 Å². The Hall–Kier alpha value is -3.08. The molecular weight excluding hydrogens is 485 g/mol. The Labute approximate surface area is 204 Å². The fraction of sp³-hybridized carbons (Fsp3) is 0.333. The van der Waals surface area contributed by atoms with Crippen molar-refractivity contribution in [2.45, 2.75) is 18.8 Å². The zero-order chi connectivity index (χ0) is 24.5. The molecule has 0 saturated carbocycles. The second-order valence-corrected chi connectivity index (χ2v) is 8.80. The largest absolute Gasteiger partial charge is 0.435 e. The molecule has 2 aliphatic heterocycles. The monoisotopic (exact) mass is 506 g/mol. The van der Waals surface area contributed by atoms with Crippen LogP contribution in [0, 0.1) is 5.95 Å². The molecule has 5 rings (SSSR count). The molecule has 1 N–H and O–H groups in total. The van der Waals surface area contributed by atoms with Crippen molar-refractivity contribution in [3.63, 3.8) is 0 Å². The maximum Gasteiger partial charge on any atom is 0.387 e. The molecule has 0 bridgehead atoms. The average Bonchev–Trinajstić information content (AvgIpc) is 3.29.